The van der Waals surface area contributed by atoms with E-state index in [0.29, 0.717) is 13.1 Å². The molecule has 0 spiro atoms. The summed E-state index contributed by atoms with van der Waals surface area (Å²) in [7, 11) is 1.84. The van der Waals surface area contributed by atoms with Gasteiger partial charge < -0.3 is 9.47 Å². The van der Waals surface area contributed by atoms with Crippen molar-refractivity contribution in [3.8, 4) is 0 Å². The Kier molecular flexibility index (Phi) is 4.56. The molecule has 20 heavy (non-hydrogen) atoms. The third-order valence-corrected chi connectivity index (χ3v) is 3.38. The zero-order valence-corrected chi connectivity index (χ0v) is 12.3. The minimum atomic E-state index is 0.0945. The number of carbonyl (C=O) groups excluding carboxylic acids is 1. The molecule has 1 aromatic carbocycles. The minimum absolute atomic E-state index is 0.0945. The maximum absolute atomic E-state index is 12.2. The summed E-state index contributed by atoms with van der Waals surface area (Å²) in [6, 6.07) is 10.0. The molecule has 0 fully saturated rings. The molecule has 2 rings (SSSR count). The van der Waals surface area contributed by atoms with Crippen molar-refractivity contribution >= 4 is 5.91 Å². The summed E-state index contributed by atoms with van der Waals surface area (Å²) in [5, 5.41) is 0. The molecule has 0 aliphatic rings. The molecule has 0 radical (unpaired) electrons. The molecule has 0 N–H and O–H groups in total. The third-order valence-electron chi connectivity index (χ3n) is 3.38. The highest BCUT2D eigenvalue weighted by molar-refractivity contribution is 5.75. The van der Waals surface area contributed by atoms with Crippen molar-refractivity contribution in [2.75, 3.05) is 7.05 Å². The second-order valence-electron chi connectivity index (χ2n) is 5.00. The van der Waals surface area contributed by atoms with Gasteiger partial charge in [0.1, 0.15) is 12.4 Å². The average molecular weight is 271 g/mol. The molecule has 0 aliphatic carbocycles. The molecule has 0 unspecified atom stereocenters. The molecule has 1 aromatic heterocycles. The molecule has 1 heterocycles. The number of aromatic nitrogens is 2. The third kappa shape index (κ3) is 3.47. The Morgan fingerprint density at radius 1 is 1.30 bits per heavy atom. The monoisotopic (exact) mass is 271 g/mol. The number of hydrogen-bond acceptors (Lipinski definition) is 2. The number of amides is 1. The van der Waals surface area contributed by atoms with Crippen LogP contribution in [0.1, 0.15) is 24.0 Å². The van der Waals surface area contributed by atoms with Gasteiger partial charge >= 0.3 is 0 Å². The van der Waals surface area contributed by atoms with E-state index in [1.807, 2.05) is 55.1 Å². The topological polar surface area (TPSA) is 38.1 Å². The van der Waals surface area contributed by atoms with Crippen molar-refractivity contribution in [2.45, 2.75) is 33.4 Å². The zero-order chi connectivity index (χ0) is 14.5. The van der Waals surface area contributed by atoms with E-state index in [2.05, 4.69) is 11.9 Å². The van der Waals surface area contributed by atoms with Gasteiger partial charge in [-0.1, -0.05) is 37.3 Å². The minimum Gasteiger partial charge on any atom is -0.340 e. The highest BCUT2D eigenvalue weighted by atomic mass is 16.2. The Bertz CT molecular complexity index is 575. The Labute approximate surface area is 120 Å². The van der Waals surface area contributed by atoms with Gasteiger partial charge in [0.25, 0.3) is 0 Å². The predicted molar refractivity (Wildman–Crippen MR) is 79.3 cm³/mol. The van der Waals surface area contributed by atoms with Crippen LogP contribution < -0.4 is 0 Å². The Morgan fingerprint density at radius 3 is 2.60 bits per heavy atom. The predicted octanol–water partition coefficient (Wildman–Crippen LogP) is 2.41. The molecule has 0 atom stereocenters. The van der Waals surface area contributed by atoms with Crippen molar-refractivity contribution in [3.05, 3.63) is 53.6 Å². The first kappa shape index (κ1) is 14.3. The summed E-state index contributed by atoms with van der Waals surface area (Å²) in [5.74, 6) is 0.986. The maximum atomic E-state index is 12.2. The van der Waals surface area contributed by atoms with E-state index in [0.717, 1.165) is 23.5 Å². The van der Waals surface area contributed by atoms with E-state index in [1.54, 1.807) is 4.90 Å². The summed E-state index contributed by atoms with van der Waals surface area (Å²) in [6.07, 6.45) is 2.85. The highest BCUT2D eigenvalue weighted by Crippen LogP contribution is 2.06. The van der Waals surface area contributed by atoms with E-state index in [9.17, 15) is 4.79 Å². The van der Waals surface area contributed by atoms with Crippen molar-refractivity contribution in [1.29, 1.82) is 0 Å². The molecule has 106 valence electrons. The van der Waals surface area contributed by atoms with Crippen molar-refractivity contribution in [2.24, 2.45) is 0 Å². The number of nitrogens with zero attached hydrogens (tertiary/aromatic N) is 3. The van der Waals surface area contributed by atoms with Crippen LogP contribution in [0.5, 0.6) is 0 Å². The maximum Gasteiger partial charge on any atom is 0.242 e. The molecular formula is C16H21N3O. The van der Waals surface area contributed by atoms with E-state index in [4.69, 9.17) is 0 Å². The molecular weight excluding hydrogens is 250 g/mol. The normalized spacial score (nSPS) is 10.6. The van der Waals surface area contributed by atoms with Crippen LogP contribution in [-0.4, -0.2) is 27.4 Å². The Hall–Kier alpha value is -2.10. The van der Waals surface area contributed by atoms with Crippen LogP contribution in [-0.2, 0) is 24.3 Å². The first-order chi connectivity index (χ1) is 9.60. The molecule has 1 amide bonds. The highest BCUT2D eigenvalue weighted by Gasteiger charge is 2.12. The van der Waals surface area contributed by atoms with Crippen LogP contribution in [0.2, 0.25) is 0 Å². The van der Waals surface area contributed by atoms with Gasteiger partial charge in [0.15, 0.2) is 0 Å². The summed E-state index contributed by atoms with van der Waals surface area (Å²) >= 11 is 0. The van der Waals surface area contributed by atoms with Gasteiger partial charge in [0, 0.05) is 19.8 Å². The number of likely N-dealkylation sites (N-methyl/N-ethyl adjacent to an activating group) is 1. The lowest BCUT2D eigenvalue weighted by Crippen LogP contribution is -2.29. The van der Waals surface area contributed by atoms with Crippen LogP contribution >= 0.6 is 0 Å². The van der Waals surface area contributed by atoms with Crippen molar-refractivity contribution in [3.63, 3.8) is 0 Å². The summed E-state index contributed by atoms with van der Waals surface area (Å²) in [4.78, 5) is 18.4. The fourth-order valence-corrected chi connectivity index (χ4v) is 2.12. The van der Waals surface area contributed by atoms with Gasteiger partial charge in [-0.15, -0.1) is 0 Å². The Morgan fingerprint density at radius 2 is 2.00 bits per heavy atom. The summed E-state index contributed by atoms with van der Waals surface area (Å²) < 4.78 is 1.92. The fourth-order valence-electron chi connectivity index (χ4n) is 2.12. The van der Waals surface area contributed by atoms with Gasteiger partial charge in [-0.2, -0.15) is 0 Å². The van der Waals surface area contributed by atoms with Gasteiger partial charge in [-0.25, -0.2) is 4.98 Å². The van der Waals surface area contributed by atoms with E-state index >= 15 is 0 Å². The lowest BCUT2D eigenvalue weighted by molar-refractivity contribution is -0.131. The lowest BCUT2D eigenvalue weighted by atomic mass is 10.2. The Balaban J connectivity index is 1.98. The van der Waals surface area contributed by atoms with Gasteiger partial charge in [-0.05, 0) is 18.9 Å². The smallest absolute Gasteiger partial charge is 0.242 e. The molecule has 0 bridgehead atoms. The summed E-state index contributed by atoms with van der Waals surface area (Å²) in [5.41, 5.74) is 2.17. The van der Waals surface area contributed by atoms with Gasteiger partial charge in [0.05, 0.1) is 5.69 Å². The standard InChI is InChI=1S/C16H21N3O/c1-4-15-11-19(13(2)17-15)12-16(20)18(3)10-14-8-6-5-7-9-14/h5-9,11H,4,10,12H2,1-3H3. The van der Waals surface area contributed by atoms with Crippen LogP contribution in [0.3, 0.4) is 0 Å². The zero-order valence-electron chi connectivity index (χ0n) is 12.3. The van der Waals surface area contributed by atoms with Crippen LogP contribution in [0.25, 0.3) is 0 Å². The second kappa shape index (κ2) is 6.37. The van der Waals surface area contributed by atoms with E-state index < -0.39 is 0 Å². The first-order valence-electron chi connectivity index (χ1n) is 6.90. The molecule has 0 aliphatic heterocycles. The largest absolute Gasteiger partial charge is 0.340 e. The summed E-state index contributed by atoms with van der Waals surface area (Å²) in [6.45, 7) is 4.98. The van der Waals surface area contributed by atoms with E-state index in [-0.39, 0.29) is 5.91 Å². The number of rotatable bonds is 5. The second-order valence-corrected chi connectivity index (χ2v) is 5.00. The number of hydrogen-bond donors (Lipinski definition) is 0. The molecule has 0 saturated heterocycles. The molecule has 2 aromatic rings. The van der Waals surface area contributed by atoms with E-state index in [1.165, 1.54) is 0 Å². The first-order valence-corrected chi connectivity index (χ1v) is 6.90. The average Bonchev–Trinajstić information content (AvgIpc) is 2.80. The SMILES string of the molecule is CCc1cn(CC(=O)N(C)Cc2ccccc2)c(C)n1. The number of aryl methyl sites for hydroxylation is 2. The van der Waals surface area contributed by atoms with Gasteiger partial charge in [-0.3, -0.25) is 4.79 Å². The fraction of sp³-hybridized carbons (Fsp3) is 0.375. The lowest BCUT2D eigenvalue weighted by Gasteiger charge is -2.18. The van der Waals surface area contributed by atoms with Crippen molar-refractivity contribution in [1.82, 2.24) is 14.5 Å². The number of carbonyl (C=O) groups is 1. The van der Waals surface area contributed by atoms with Crippen molar-refractivity contribution < 1.29 is 4.79 Å². The molecule has 4 heteroatoms. The van der Waals surface area contributed by atoms with Crippen LogP contribution in [0.15, 0.2) is 36.5 Å². The van der Waals surface area contributed by atoms with Gasteiger partial charge in [0.2, 0.25) is 5.91 Å². The molecule has 4 nitrogen and oxygen atoms in total. The quantitative estimate of drug-likeness (QED) is 0.837. The van der Waals surface area contributed by atoms with Crippen LogP contribution in [0, 0.1) is 6.92 Å². The molecule has 0 saturated carbocycles. The van der Waals surface area contributed by atoms with Crippen LogP contribution in [0.4, 0.5) is 0 Å². The number of benzene rings is 1. The number of imidazole rings is 1.